The van der Waals surface area contributed by atoms with E-state index in [2.05, 4.69) is 10.4 Å². The van der Waals surface area contributed by atoms with Crippen LogP contribution in [0, 0.1) is 13.8 Å². The first kappa shape index (κ1) is 22.3. The van der Waals surface area contributed by atoms with Crippen molar-refractivity contribution in [2.45, 2.75) is 51.1 Å². The van der Waals surface area contributed by atoms with Gasteiger partial charge in [-0.2, -0.15) is 9.40 Å². The number of benzene rings is 1. The largest absolute Gasteiger partial charge is 0.378 e. The quantitative estimate of drug-likeness (QED) is 0.689. The number of sulfonamides is 1. The number of hydrogen-bond donors (Lipinski definition) is 1. The minimum absolute atomic E-state index is 0.0943. The van der Waals surface area contributed by atoms with Gasteiger partial charge in [-0.1, -0.05) is 12.1 Å². The smallest absolute Gasteiger partial charge is 0.246 e. The van der Waals surface area contributed by atoms with Gasteiger partial charge in [0.25, 0.3) is 0 Å². The van der Waals surface area contributed by atoms with Crippen LogP contribution in [0.4, 0.5) is 5.69 Å². The van der Waals surface area contributed by atoms with Gasteiger partial charge in [-0.3, -0.25) is 9.48 Å². The Morgan fingerprint density at radius 1 is 1.13 bits per heavy atom. The highest BCUT2D eigenvalue weighted by Crippen LogP contribution is 2.26. The Kier molecular flexibility index (Phi) is 6.82. The van der Waals surface area contributed by atoms with Gasteiger partial charge >= 0.3 is 0 Å². The van der Waals surface area contributed by atoms with Crippen LogP contribution in [0.15, 0.2) is 29.2 Å². The zero-order chi connectivity index (χ0) is 21.9. The van der Waals surface area contributed by atoms with Gasteiger partial charge in [-0.25, -0.2) is 8.42 Å². The number of amides is 1. The van der Waals surface area contributed by atoms with Crippen molar-refractivity contribution in [2.75, 3.05) is 32.1 Å². The Labute approximate surface area is 178 Å². The van der Waals surface area contributed by atoms with Crippen LogP contribution in [0.5, 0.6) is 0 Å². The summed E-state index contributed by atoms with van der Waals surface area (Å²) in [4.78, 5) is 14.6. The number of anilines is 1. The summed E-state index contributed by atoms with van der Waals surface area (Å²) in [7, 11) is 0.440. The Morgan fingerprint density at radius 2 is 1.77 bits per heavy atom. The molecular formula is C21H31N5O3S. The van der Waals surface area contributed by atoms with Crippen molar-refractivity contribution in [3.63, 3.8) is 0 Å². The fourth-order valence-electron chi connectivity index (χ4n) is 3.74. The Hall–Kier alpha value is -2.39. The summed E-state index contributed by atoms with van der Waals surface area (Å²) < 4.78 is 29.0. The third-order valence-corrected chi connectivity index (χ3v) is 7.62. The number of carbonyl (C=O) groups is 1. The normalized spacial score (nSPS) is 14.8. The zero-order valence-electron chi connectivity index (χ0n) is 18.2. The molecule has 0 radical (unpaired) electrons. The molecule has 3 rings (SSSR count). The monoisotopic (exact) mass is 433 g/mol. The van der Waals surface area contributed by atoms with E-state index in [1.165, 1.54) is 4.31 Å². The molecule has 2 aromatic rings. The fourth-order valence-corrected chi connectivity index (χ4v) is 5.63. The average molecular weight is 434 g/mol. The van der Waals surface area contributed by atoms with E-state index >= 15 is 0 Å². The van der Waals surface area contributed by atoms with Crippen molar-refractivity contribution in [3.8, 4) is 0 Å². The lowest BCUT2D eigenvalue weighted by Crippen LogP contribution is -2.28. The maximum Gasteiger partial charge on any atom is 0.246 e. The first-order chi connectivity index (χ1) is 14.2. The van der Waals surface area contributed by atoms with E-state index in [-0.39, 0.29) is 17.2 Å². The lowest BCUT2D eigenvalue weighted by molar-refractivity contribution is -0.121. The Morgan fingerprint density at radius 3 is 2.37 bits per heavy atom. The van der Waals surface area contributed by atoms with Crippen molar-refractivity contribution in [2.24, 2.45) is 0 Å². The van der Waals surface area contributed by atoms with Crippen LogP contribution in [-0.2, 0) is 27.9 Å². The number of nitrogens with one attached hydrogen (secondary N) is 1. The molecule has 1 aliphatic rings. The molecule has 0 saturated carbocycles. The molecule has 0 atom stereocenters. The second-order valence-corrected chi connectivity index (χ2v) is 9.80. The summed E-state index contributed by atoms with van der Waals surface area (Å²) in [6.45, 7) is 5.39. The van der Waals surface area contributed by atoms with E-state index < -0.39 is 10.0 Å². The van der Waals surface area contributed by atoms with Crippen LogP contribution in [0.2, 0.25) is 0 Å². The maximum absolute atomic E-state index is 12.9. The van der Waals surface area contributed by atoms with E-state index in [1.54, 1.807) is 18.5 Å². The van der Waals surface area contributed by atoms with Crippen LogP contribution in [-0.4, -0.2) is 55.6 Å². The highest BCUT2D eigenvalue weighted by Gasteiger charge is 2.32. The highest BCUT2D eigenvalue weighted by molar-refractivity contribution is 7.89. The van der Waals surface area contributed by atoms with Crippen LogP contribution in [0.25, 0.3) is 0 Å². The van der Waals surface area contributed by atoms with Gasteiger partial charge in [0.05, 0.1) is 17.9 Å². The minimum atomic E-state index is -3.53. The van der Waals surface area contributed by atoms with E-state index in [0.717, 1.165) is 24.1 Å². The summed E-state index contributed by atoms with van der Waals surface area (Å²) in [6.07, 6.45) is 2.02. The van der Waals surface area contributed by atoms with Gasteiger partial charge in [-0.15, -0.1) is 0 Å². The summed E-state index contributed by atoms with van der Waals surface area (Å²) in [5, 5.41) is 7.30. The van der Waals surface area contributed by atoms with Gasteiger partial charge in [0.1, 0.15) is 4.90 Å². The third kappa shape index (κ3) is 4.84. The summed E-state index contributed by atoms with van der Waals surface area (Å²) in [6, 6.07) is 8.01. The molecule has 2 heterocycles. The lowest BCUT2D eigenvalue weighted by Gasteiger charge is -2.15. The highest BCUT2D eigenvalue weighted by atomic mass is 32.2. The zero-order valence-corrected chi connectivity index (χ0v) is 19.0. The van der Waals surface area contributed by atoms with Crippen LogP contribution >= 0.6 is 0 Å². The number of carbonyl (C=O) groups excluding carboxylic acids is 1. The molecule has 9 heteroatoms. The summed E-state index contributed by atoms with van der Waals surface area (Å²) >= 11 is 0. The molecule has 1 N–H and O–H groups in total. The Bertz CT molecular complexity index is 990. The molecule has 1 aromatic heterocycles. The predicted octanol–water partition coefficient (Wildman–Crippen LogP) is 2.06. The van der Waals surface area contributed by atoms with E-state index in [9.17, 15) is 13.2 Å². The van der Waals surface area contributed by atoms with Gasteiger partial charge in [0.15, 0.2) is 0 Å². The van der Waals surface area contributed by atoms with Gasteiger partial charge in [0.2, 0.25) is 15.9 Å². The van der Waals surface area contributed by atoms with Crippen LogP contribution in [0.1, 0.15) is 36.2 Å². The predicted molar refractivity (Wildman–Crippen MR) is 117 cm³/mol. The molecule has 0 unspecified atom stereocenters. The molecule has 30 heavy (non-hydrogen) atoms. The number of rotatable bonds is 8. The fraction of sp³-hybridized carbons (Fsp3) is 0.524. The average Bonchev–Trinajstić information content (AvgIpc) is 3.34. The molecule has 1 amide bonds. The van der Waals surface area contributed by atoms with Crippen LogP contribution in [0.3, 0.4) is 0 Å². The molecule has 1 fully saturated rings. The molecule has 1 aromatic carbocycles. The molecule has 8 nitrogen and oxygen atoms in total. The number of nitrogens with zero attached hydrogens (tertiary/aromatic N) is 4. The first-order valence-corrected chi connectivity index (χ1v) is 11.7. The Balaban J connectivity index is 1.58. The van der Waals surface area contributed by atoms with Crippen molar-refractivity contribution in [1.29, 1.82) is 0 Å². The van der Waals surface area contributed by atoms with E-state index in [0.29, 0.717) is 37.6 Å². The van der Waals surface area contributed by atoms with E-state index in [4.69, 9.17) is 0 Å². The van der Waals surface area contributed by atoms with Gasteiger partial charge < -0.3 is 10.2 Å². The molecule has 0 spiro atoms. The number of aromatic nitrogens is 2. The van der Waals surface area contributed by atoms with Gasteiger partial charge in [-0.05, 0) is 44.4 Å². The molecular weight excluding hydrogens is 402 g/mol. The lowest BCUT2D eigenvalue weighted by atomic mass is 10.2. The minimum Gasteiger partial charge on any atom is -0.378 e. The van der Waals surface area contributed by atoms with Crippen molar-refractivity contribution in [1.82, 2.24) is 19.4 Å². The summed E-state index contributed by atoms with van der Waals surface area (Å²) in [5.41, 5.74) is 3.21. The molecule has 0 aliphatic carbocycles. The van der Waals surface area contributed by atoms with Crippen molar-refractivity contribution >= 4 is 21.6 Å². The van der Waals surface area contributed by atoms with E-state index in [1.807, 2.05) is 43.3 Å². The summed E-state index contributed by atoms with van der Waals surface area (Å²) in [5.74, 6) is -0.0943. The third-order valence-electron chi connectivity index (χ3n) is 5.47. The van der Waals surface area contributed by atoms with Crippen molar-refractivity contribution in [3.05, 3.63) is 41.2 Å². The SMILES string of the molecule is Cc1nn(CCC(=O)NCc2ccc(N(C)C)cc2)c(C)c1S(=O)(=O)N1CCCC1. The standard InChI is InChI=1S/C21H31N5O3S/c1-16-21(30(28,29)25-12-5-6-13-25)17(2)26(23-16)14-11-20(27)22-15-18-7-9-19(10-8-18)24(3)4/h7-10H,5-6,11-15H2,1-4H3,(H,22,27). The number of aryl methyl sites for hydroxylation is 2. The van der Waals surface area contributed by atoms with Gasteiger partial charge in [0, 0.05) is 45.8 Å². The molecule has 0 bridgehead atoms. The number of hydrogen-bond acceptors (Lipinski definition) is 5. The van der Waals surface area contributed by atoms with Crippen molar-refractivity contribution < 1.29 is 13.2 Å². The topological polar surface area (TPSA) is 87.5 Å². The second-order valence-electron chi connectivity index (χ2n) is 7.92. The molecule has 1 saturated heterocycles. The van der Waals surface area contributed by atoms with Crippen LogP contribution < -0.4 is 10.2 Å². The first-order valence-electron chi connectivity index (χ1n) is 10.3. The molecule has 1 aliphatic heterocycles. The maximum atomic E-state index is 12.9. The second kappa shape index (κ2) is 9.18. The molecule has 164 valence electrons.